The summed E-state index contributed by atoms with van der Waals surface area (Å²) in [6, 6.07) is 7.79. The van der Waals surface area contributed by atoms with Gasteiger partial charge in [-0.05, 0) is 43.2 Å². The summed E-state index contributed by atoms with van der Waals surface area (Å²) < 4.78 is 20.2. The minimum absolute atomic E-state index is 0.0561. The average Bonchev–Trinajstić information content (AvgIpc) is 3.21. The van der Waals surface area contributed by atoms with Gasteiger partial charge in [0.05, 0.1) is 12.2 Å². The van der Waals surface area contributed by atoms with Crippen LogP contribution in [0.25, 0.3) is 0 Å². The minimum atomic E-state index is -0.305. The number of rotatable bonds is 6. The molecule has 1 amide bonds. The number of nitrogens with zero attached hydrogens (tertiary/aromatic N) is 5. The van der Waals surface area contributed by atoms with Crippen molar-refractivity contribution in [3.63, 3.8) is 0 Å². The van der Waals surface area contributed by atoms with Crippen LogP contribution in [0.5, 0.6) is 5.75 Å². The molecule has 2 aliphatic rings. The summed E-state index contributed by atoms with van der Waals surface area (Å²) >= 11 is 0. The molecule has 9 heteroatoms. The van der Waals surface area contributed by atoms with E-state index in [1.54, 1.807) is 21.7 Å². The van der Waals surface area contributed by atoms with Crippen molar-refractivity contribution in [2.75, 3.05) is 13.1 Å². The number of amides is 1. The second-order valence-corrected chi connectivity index (χ2v) is 7.28. The molecule has 28 heavy (non-hydrogen) atoms. The maximum absolute atomic E-state index is 12.9. The molecule has 0 radical (unpaired) electrons. The highest BCUT2D eigenvalue weighted by Gasteiger charge is 2.35. The van der Waals surface area contributed by atoms with Gasteiger partial charge >= 0.3 is 0 Å². The van der Waals surface area contributed by atoms with Crippen LogP contribution in [-0.4, -0.2) is 49.1 Å². The van der Waals surface area contributed by atoms with E-state index in [2.05, 4.69) is 20.5 Å². The summed E-state index contributed by atoms with van der Waals surface area (Å²) in [4.78, 5) is 14.3. The first-order valence-electron chi connectivity index (χ1n) is 9.29. The third-order valence-corrected chi connectivity index (χ3v) is 5.12. The third-order valence-electron chi connectivity index (χ3n) is 5.12. The number of likely N-dealkylation sites (tertiary alicyclic amines) is 1. The molecular weight excluding hydrogens is 363 g/mol. The zero-order valence-electron chi connectivity index (χ0n) is 15.1. The normalized spacial score (nSPS) is 16.8. The first-order chi connectivity index (χ1) is 13.7. The number of carbonyl (C=O) groups excluding carboxylic acids is 1. The van der Waals surface area contributed by atoms with Gasteiger partial charge < -0.3 is 9.64 Å². The lowest BCUT2D eigenvalue weighted by Crippen LogP contribution is -2.51. The maximum atomic E-state index is 12.9. The fourth-order valence-electron chi connectivity index (χ4n) is 3.25. The molecule has 1 saturated carbocycles. The number of H-pyrrole nitrogens is 1. The Balaban J connectivity index is 1.14. The summed E-state index contributed by atoms with van der Waals surface area (Å²) in [5.74, 6) is 0.755. The lowest BCUT2D eigenvalue weighted by Gasteiger charge is -2.38. The summed E-state index contributed by atoms with van der Waals surface area (Å²) in [6.45, 7) is 1.40. The van der Waals surface area contributed by atoms with E-state index < -0.39 is 0 Å². The van der Waals surface area contributed by atoms with Crippen molar-refractivity contribution in [3.8, 4) is 5.75 Å². The van der Waals surface area contributed by atoms with Crippen molar-refractivity contribution >= 4 is 5.91 Å². The molecule has 1 N–H and O–H groups in total. The van der Waals surface area contributed by atoms with Crippen LogP contribution in [0.1, 0.15) is 46.7 Å². The van der Waals surface area contributed by atoms with Crippen LogP contribution in [0.4, 0.5) is 4.39 Å². The quantitative estimate of drug-likeness (QED) is 0.707. The minimum Gasteiger partial charge on any atom is -0.487 e. The van der Waals surface area contributed by atoms with E-state index in [0.717, 1.165) is 5.69 Å². The molecule has 1 aliphatic heterocycles. The van der Waals surface area contributed by atoms with Crippen LogP contribution in [0.3, 0.4) is 0 Å². The number of nitrogens with one attached hydrogen (secondary N) is 1. The summed E-state index contributed by atoms with van der Waals surface area (Å²) in [5, 5.41) is 15.4. The molecule has 8 nitrogen and oxygen atoms in total. The molecule has 0 spiro atoms. The van der Waals surface area contributed by atoms with Crippen molar-refractivity contribution in [2.45, 2.75) is 31.4 Å². The molecule has 1 aliphatic carbocycles. The molecule has 0 unspecified atom stereocenters. The summed E-state index contributed by atoms with van der Waals surface area (Å²) in [6.07, 6.45) is 4.15. The number of hydrogen-bond donors (Lipinski definition) is 1. The van der Waals surface area contributed by atoms with Crippen LogP contribution in [-0.2, 0) is 6.61 Å². The Kier molecular flexibility index (Phi) is 4.07. The standard InChI is InChI=1S/C19H19FN6O2/c20-13-3-5-16(6-4-13)28-11-14-8-26(24-21-14)15-9-25(10-15)19(27)18-7-17(22-23-18)12-1-2-12/h3-8,12,15H,1-2,9-11H2,(H,22,23). The Morgan fingerprint density at radius 3 is 2.79 bits per heavy atom. The second-order valence-electron chi connectivity index (χ2n) is 7.28. The van der Waals surface area contributed by atoms with Gasteiger partial charge in [-0.2, -0.15) is 5.10 Å². The van der Waals surface area contributed by atoms with Crippen molar-refractivity contribution in [1.82, 2.24) is 30.1 Å². The van der Waals surface area contributed by atoms with Gasteiger partial charge in [0.2, 0.25) is 0 Å². The van der Waals surface area contributed by atoms with Crippen LogP contribution in [0.2, 0.25) is 0 Å². The van der Waals surface area contributed by atoms with Crippen LogP contribution >= 0.6 is 0 Å². The summed E-state index contributed by atoms with van der Waals surface area (Å²) in [7, 11) is 0. The molecule has 2 aromatic heterocycles. The van der Waals surface area contributed by atoms with Gasteiger partial charge in [0.1, 0.15) is 29.6 Å². The van der Waals surface area contributed by atoms with Crippen molar-refractivity contribution in [1.29, 1.82) is 0 Å². The van der Waals surface area contributed by atoms with E-state index in [0.29, 0.717) is 36.1 Å². The van der Waals surface area contributed by atoms with E-state index in [9.17, 15) is 9.18 Å². The van der Waals surface area contributed by atoms with Gasteiger partial charge in [-0.15, -0.1) is 5.10 Å². The van der Waals surface area contributed by atoms with Gasteiger partial charge in [0.25, 0.3) is 5.91 Å². The number of ether oxygens (including phenoxy) is 1. The van der Waals surface area contributed by atoms with Crippen LogP contribution < -0.4 is 4.74 Å². The maximum Gasteiger partial charge on any atom is 0.274 e. The second kappa shape index (κ2) is 6.74. The number of aromatic amines is 1. The highest BCUT2D eigenvalue weighted by atomic mass is 19.1. The van der Waals surface area contributed by atoms with Crippen LogP contribution in [0, 0.1) is 5.82 Å². The lowest BCUT2D eigenvalue weighted by molar-refractivity contribution is 0.0492. The smallest absolute Gasteiger partial charge is 0.274 e. The third kappa shape index (κ3) is 3.35. The van der Waals surface area contributed by atoms with E-state index in [4.69, 9.17) is 4.74 Å². The highest BCUT2D eigenvalue weighted by molar-refractivity contribution is 5.93. The molecule has 2 fully saturated rings. The number of hydrogen-bond acceptors (Lipinski definition) is 5. The van der Waals surface area contributed by atoms with Gasteiger partial charge in [-0.3, -0.25) is 9.89 Å². The molecule has 5 rings (SSSR count). The zero-order valence-corrected chi connectivity index (χ0v) is 15.1. The van der Waals surface area contributed by atoms with Gasteiger partial charge in [-0.25, -0.2) is 9.07 Å². The summed E-state index contributed by atoms with van der Waals surface area (Å²) in [5.41, 5.74) is 2.21. The van der Waals surface area contributed by atoms with Gasteiger partial charge in [0.15, 0.2) is 0 Å². The van der Waals surface area contributed by atoms with Crippen molar-refractivity contribution in [3.05, 3.63) is 59.4 Å². The first kappa shape index (κ1) is 16.9. The number of aromatic nitrogens is 5. The largest absolute Gasteiger partial charge is 0.487 e. The number of halogens is 1. The Morgan fingerprint density at radius 1 is 1.25 bits per heavy atom. The van der Waals surface area contributed by atoms with E-state index in [1.807, 2.05) is 12.3 Å². The van der Waals surface area contributed by atoms with E-state index in [1.165, 1.54) is 25.0 Å². The topological polar surface area (TPSA) is 88.9 Å². The van der Waals surface area contributed by atoms with E-state index in [-0.39, 0.29) is 24.4 Å². The fraction of sp³-hybridized carbons (Fsp3) is 0.368. The Hall–Kier alpha value is -3.23. The Bertz CT molecular complexity index is 988. The van der Waals surface area contributed by atoms with Crippen molar-refractivity contribution < 1.29 is 13.9 Å². The first-order valence-corrected chi connectivity index (χ1v) is 9.29. The molecule has 0 bridgehead atoms. The van der Waals surface area contributed by atoms with Crippen LogP contribution in [0.15, 0.2) is 36.5 Å². The molecule has 0 atom stereocenters. The highest BCUT2D eigenvalue weighted by Crippen LogP contribution is 2.39. The number of carbonyl (C=O) groups is 1. The molecule has 1 aromatic carbocycles. The number of benzene rings is 1. The molecule has 3 heterocycles. The molecule has 3 aromatic rings. The molecule has 1 saturated heterocycles. The predicted molar refractivity (Wildman–Crippen MR) is 96.3 cm³/mol. The Labute approximate surface area is 160 Å². The van der Waals surface area contributed by atoms with Gasteiger partial charge in [-0.1, -0.05) is 5.21 Å². The van der Waals surface area contributed by atoms with Crippen molar-refractivity contribution in [2.24, 2.45) is 0 Å². The van der Waals surface area contributed by atoms with Gasteiger partial charge in [0, 0.05) is 24.7 Å². The SMILES string of the molecule is O=C(c1cc(C2CC2)[nH]n1)N1CC(n2cc(COc3ccc(F)cc3)nn2)C1. The Morgan fingerprint density at radius 2 is 2.04 bits per heavy atom. The zero-order chi connectivity index (χ0) is 19.1. The molecular formula is C19H19FN6O2. The monoisotopic (exact) mass is 382 g/mol. The lowest BCUT2D eigenvalue weighted by atomic mass is 10.1. The fourth-order valence-corrected chi connectivity index (χ4v) is 3.25. The molecule has 144 valence electrons. The average molecular weight is 382 g/mol. The van der Waals surface area contributed by atoms with E-state index >= 15 is 0 Å². The predicted octanol–water partition coefficient (Wildman–Crippen LogP) is 2.29.